The number of amides is 1. The third-order valence-electron chi connectivity index (χ3n) is 5.08. The fourth-order valence-electron chi connectivity index (χ4n) is 3.73. The van der Waals surface area contributed by atoms with Crippen LogP contribution in [0.15, 0.2) is 42.5 Å². The number of para-hydroxylation sites is 1. The highest BCUT2D eigenvalue weighted by molar-refractivity contribution is 6.07. The van der Waals surface area contributed by atoms with Gasteiger partial charge in [0.05, 0.1) is 25.3 Å². The summed E-state index contributed by atoms with van der Waals surface area (Å²) in [5, 5.41) is 3.98. The first-order chi connectivity index (χ1) is 13.2. The van der Waals surface area contributed by atoms with Crippen molar-refractivity contribution >= 4 is 16.8 Å². The average Bonchev–Trinajstić information content (AvgIpc) is 3.17. The predicted molar refractivity (Wildman–Crippen MR) is 104 cm³/mol. The summed E-state index contributed by atoms with van der Waals surface area (Å²) in [7, 11) is 3.23. The zero-order valence-electron chi connectivity index (χ0n) is 15.5. The molecule has 3 aromatic rings. The van der Waals surface area contributed by atoms with Crippen LogP contribution in [-0.4, -0.2) is 25.1 Å². The molecule has 0 bridgehead atoms. The van der Waals surface area contributed by atoms with Gasteiger partial charge in [-0.1, -0.05) is 18.2 Å². The molecule has 1 aliphatic carbocycles. The number of aromatic nitrogens is 1. The van der Waals surface area contributed by atoms with Crippen LogP contribution in [0.4, 0.5) is 0 Å². The number of carbonyl (C=O) groups excluding carboxylic acids is 1. The molecule has 1 heterocycles. The van der Waals surface area contributed by atoms with Crippen molar-refractivity contribution in [3.63, 3.8) is 0 Å². The molecule has 4 rings (SSSR count). The highest BCUT2D eigenvalue weighted by Gasteiger charge is 2.23. The Hall–Kier alpha value is -3.08. The molecule has 0 saturated carbocycles. The van der Waals surface area contributed by atoms with Gasteiger partial charge in [0.25, 0.3) is 5.91 Å². The Labute approximate surface area is 158 Å². The molecule has 0 atom stereocenters. The van der Waals surface area contributed by atoms with Crippen molar-refractivity contribution in [2.45, 2.75) is 25.8 Å². The van der Waals surface area contributed by atoms with E-state index in [1.807, 2.05) is 42.5 Å². The lowest BCUT2D eigenvalue weighted by Gasteiger charge is -2.14. The molecule has 1 N–H and O–H groups in total. The van der Waals surface area contributed by atoms with Crippen LogP contribution in [0, 0.1) is 0 Å². The van der Waals surface area contributed by atoms with Gasteiger partial charge in [-0.05, 0) is 43.0 Å². The van der Waals surface area contributed by atoms with Gasteiger partial charge in [0.15, 0.2) is 0 Å². The van der Waals surface area contributed by atoms with Crippen LogP contribution in [-0.2, 0) is 19.4 Å². The minimum atomic E-state index is -0.0652. The number of nitrogens with one attached hydrogen (secondary N) is 1. The lowest BCUT2D eigenvalue weighted by molar-refractivity contribution is 0.0951. The van der Waals surface area contributed by atoms with Crippen molar-refractivity contribution in [1.29, 1.82) is 0 Å². The number of ether oxygens (including phenoxy) is 2. The fraction of sp³-hybridized carbons (Fsp3) is 0.273. The number of methoxy groups -OCH3 is 2. The van der Waals surface area contributed by atoms with Crippen molar-refractivity contribution in [2.75, 3.05) is 14.2 Å². The molecule has 0 saturated heterocycles. The van der Waals surface area contributed by atoms with E-state index in [-0.39, 0.29) is 5.91 Å². The highest BCUT2D eigenvalue weighted by Crippen LogP contribution is 2.30. The first kappa shape index (κ1) is 17.3. The summed E-state index contributed by atoms with van der Waals surface area (Å²) in [6, 6.07) is 13.5. The summed E-state index contributed by atoms with van der Waals surface area (Å²) in [5.41, 5.74) is 4.70. The second kappa shape index (κ2) is 7.27. The van der Waals surface area contributed by atoms with Gasteiger partial charge < -0.3 is 14.8 Å². The minimum absolute atomic E-state index is 0.0652. The van der Waals surface area contributed by atoms with Crippen LogP contribution in [0.25, 0.3) is 10.9 Å². The maximum atomic E-state index is 13.1. The SMILES string of the molecule is COc1ccc(CNC(=O)c2c3c(nc4ccccc24)CCC3)c(OC)c1. The normalized spacial score (nSPS) is 12.7. The summed E-state index contributed by atoms with van der Waals surface area (Å²) in [6.07, 6.45) is 2.89. The number of fused-ring (bicyclic) bond motifs is 2. The molecule has 0 unspecified atom stereocenters. The molecule has 0 fully saturated rings. The van der Waals surface area contributed by atoms with E-state index in [1.165, 1.54) is 0 Å². The van der Waals surface area contributed by atoms with Gasteiger partial charge in [0, 0.05) is 29.3 Å². The van der Waals surface area contributed by atoms with E-state index in [0.29, 0.717) is 12.3 Å². The highest BCUT2D eigenvalue weighted by atomic mass is 16.5. The van der Waals surface area contributed by atoms with E-state index in [0.717, 1.165) is 58.3 Å². The maximum absolute atomic E-state index is 13.1. The van der Waals surface area contributed by atoms with Gasteiger partial charge in [-0.25, -0.2) is 0 Å². The Kier molecular flexibility index (Phi) is 4.67. The molecule has 0 radical (unpaired) electrons. The molecule has 27 heavy (non-hydrogen) atoms. The van der Waals surface area contributed by atoms with E-state index in [2.05, 4.69) is 5.32 Å². The van der Waals surface area contributed by atoms with Gasteiger partial charge in [0.2, 0.25) is 0 Å². The molecular weight excluding hydrogens is 340 g/mol. The van der Waals surface area contributed by atoms with Gasteiger partial charge >= 0.3 is 0 Å². The van der Waals surface area contributed by atoms with Crippen LogP contribution >= 0.6 is 0 Å². The molecule has 5 nitrogen and oxygen atoms in total. The molecule has 0 spiro atoms. The Morgan fingerprint density at radius 1 is 1.11 bits per heavy atom. The van der Waals surface area contributed by atoms with Crippen LogP contribution in [0.1, 0.15) is 33.6 Å². The van der Waals surface area contributed by atoms with Crippen molar-refractivity contribution in [3.05, 3.63) is 64.8 Å². The quantitative estimate of drug-likeness (QED) is 0.752. The molecule has 1 aliphatic rings. The maximum Gasteiger partial charge on any atom is 0.252 e. The smallest absolute Gasteiger partial charge is 0.252 e. The summed E-state index contributed by atoms with van der Waals surface area (Å²) in [6.45, 7) is 0.386. The Morgan fingerprint density at radius 2 is 1.96 bits per heavy atom. The molecule has 0 aliphatic heterocycles. The topological polar surface area (TPSA) is 60.5 Å². The van der Waals surface area contributed by atoms with Crippen molar-refractivity contribution in [1.82, 2.24) is 10.3 Å². The van der Waals surface area contributed by atoms with E-state index in [1.54, 1.807) is 14.2 Å². The van der Waals surface area contributed by atoms with E-state index < -0.39 is 0 Å². The predicted octanol–water partition coefficient (Wildman–Crippen LogP) is 3.67. The Morgan fingerprint density at radius 3 is 2.78 bits per heavy atom. The van der Waals surface area contributed by atoms with Gasteiger partial charge in [-0.15, -0.1) is 0 Å². The van der Waals surface area contributed by atoms with Gasteiger partial charge in [-0.3, -0.25) is 9.78 Å². The third-order valence-corrected chi connectivity index (χ3v) is 5.08. The molecular formula is C22H22N2O3. The number of hydrogen-bond acceptors (Lipinski definition) is 4. The summed E-state index contributed by atoms with van der Waals surface area (Å²) >= 11 is 0. The summed E-state index contributed by atoms with van der Waals surface area (Å²) < 4.78 is 10.7. The number of rotatable bonds is 5. The lowest BCUT2D eigenvalue weighted by Crippen LogP contribution is -2.25. The summed E-state index contributed by atoms with van der Waals surface area (Å²) in [4.78, 5) is 17.9. The van der Waals surface area contributed by atoms with Crippen molar-refractivity contribution in [3.8, 4) is 11.5 Å². The van der Waals surface area contributed by atoms with E-state index >= 15 is 0 Å². The number of carbonyl (C=O) groups is 1. The van der Waals surface area contributed by atoms with Crippen LogP contribution in [0.2, 0.25) is 0 Å². The van der Waals surface area contributed by atoms with Gasteiger partial charge in [-0.2, -0.15) is 0 Å². The monoisotopic (exact) mass is 362 g/mol. The Balaban J connectivity index is 1.65. The number of hydrogen-bond donors (Lipinski definition) is 1. The average molecular weight is 362 g/mol. The standard InChI is InChI=1S/C22H22N2O3/c1-26-15-11-10-14(20(12-15)27-2)13-23-22(25)21-16-6-3-4-8-18(16)24-19-9-5-7-17(19)21/h3-4,6,8,10-12H,5,7,9,13H2,1-2H3,(H,23,25). The number of nitrogens with zero attached hydrogens (tertiary/aromatic N) is 1. The molecule has 138 valence electrons. The summed E-state index contributed by atoms with van der Waals surface area (Å²) in [5.74, 6) is 1.35. The molecule has 5 heteroatoms. The minimum Gasteiger partial charge on any atom is -0.497 e. The second-order valence-electron chi connectivity index (χ2n) is 6.64. The van der Waals surface area contributed by atoms with E-state index in [9.17, 15) is 4.79 Å². The number of benzene rings is 2. The largest absolute Gasteiger partial charge is 0.497 e. The second-order valence-corrected chi connectivity index (χ2v) is 6.64. The fourth-order valence-corrected chi connectivity index (χ4v) is 3.73. The number of pyridine rings is 1. The molecule has 2 aromatic carbocycles. The van der Waals surface area contributed by atoms with Crippen LogP contribution in [0.5, 0.6) is 11.5 Å². The number of aryl methyl sites for hydroxylation is 1. The van der Waals surface area contributed by atoms with E-state index in [4.69, 9.17) is 14.5 Å². The lowest BCUT2D eigenvalue weighted by atomic mass is 10.0. The van der Waals surface area contributed by atoms with Crippen molar-refractivity contribution in [2.24, 2.45) is 0 Å². The van der Waals surface area contributed by atoms with Crippen LogP contribution < -0.4 is 14.8 Å². The van der Waals surface area contributed by atoms with Crippen LogP contribution in [0.3, 0.4) is 0 Å². The zero-order chi connectivity index (χ0) is 18.8. The molecule has 1 aromatic heterocycles. The first-order valence-electron chi connectivity index (χ1n) is 9.11. The Bertz CT molecular complexity index is 1010. The third kappa shape index (κ3) is 3.21. The first-order valence-corrected chi connectivity index (χ1v) is 9.11. The molecule has 1 amide bonds. The van der Waals surface area contributed by atoms with Gasteiger partial charge in [0.1, 0.15) is 11.5 Å². The zero-order valence-corrected chi connectivity index (χ0v) is 15.5. The van der Waals surface area contributed by atoms with Crippen molar-refractivity contribution < 1.29 is 14.3 Å².